The van der Waals surface area contributed by atoms with E-state index in [2.05, 4.69) is 12.2 Å². The van der Waals surface area contributed by atoms with Crippen molar-refractivity contribution in [1.82, 2.24) is 0 Å². The van der Waals surface area contributed by atoms with Crippen molar-refractivity contribution in [2.45, 2.75) is 84.0 Å². The summed E-state index contributed by atoms with van der Waals surface area (Å²) in [5.41, 5.74) is 0.360. The zero-order chi connectivity index (χ0) is 17.8. The van der Waals surface area contributed by atoms with Crippen LogP contribution < -0.4 is 5.32 Å². The van der Waals surface area contributed by atoms with Gasteiger partial charge in [-0.05, 0) is 18.6 Å². The second-order valence-corrected chi connectivity index (χ2v) is 6.60. The van der Waals surface area contributed by atoms with E-state index in [1.165, 1.54) is 50.7 Å². The van der Waals surface area contributed by atoms with Gasteiger partial charge in [-0.1, -0.05) is 70.4 Å². The lowest BCUT2D eigenvalue weighted by Gasteiger charge is -2.12. The van der Waals surface area contributed by atoms with Crippen molar-refractivity contribution in [2.75, 3.05) is 5.32 Å². The first-order valence-corrected chi connectivity index (χ1v) is 9.21. The Hall–Kier alpha value is -1.45. The van der Waals surface area contributed by atoms with E-state index in [1.807, 2.05) is 0 Å². The zero-order valence-corrected chi connectivity index (χ0v) is 15.0. The third kappa shape index (κ3) is 8.99. The lowest BCUT2D eigenvalue weighted by atomic mass is 10.1. The van der Waals surface area contributed by atoms with Crippen LogP contribution in [0.3, 0.4) is 0 Å². The number of anilines is 1. The molecular formula is C20H31F2NO. The molecule has 0 saturated heterocycles. The molecule has 1 aromatic rings. The summed E-state index contributed by atoms with van der Waals surface area (Å²) in [7, 11) is 0. The average Bonchev–Trinajstić information content (AvgIpc) is 2.53. The van der Waals surface area contributed by atoms with Crippen LogP contribution in [0.15, 0.2) is 24.3 Å². The highest BCUT2D eigenvalue weighted by Gasteiger charge is 2.24. The number of halogens is 2. The van der Waals surface area contributed by atoms with Crippen LogP contribution in [0.25, 0.3) is 0 Å². The molecule has 1 rings (SSSR count). The predicted molar refractivity (Wildman–Crippen MR) is 96.5 cm³/mol. The molecule has 24 heavy (non-hydrogen) atoms. The molecule has 0 heterocycles. The van der Waals surface area contributed by atoms with Crippen LogP contribution in [-0.2, 0) is 10.7 Å². The fourth-order valence-electron chi connectivity index (χ4n) is 2.69. The van der Waals surface area contributed by atoms with Gasteiger partial charge in [0.15, 0.2) is 0 Å². The molecule has 2 nitrogen and oxygen atoms in total. The largest absolute Gasteiger partial charge is 0.326 e. The molecule has 1 aromatic carbocycles. The van der Waals surface area contributed by atoms with Gasteiger partial charge in [0, 0.05) is 24.6 Å². The highest BCUT2D eigenvalue weighted by molar-refractivity contribution is 5.90. The fourth-order valence-corrected chi connectivity index (χ4v) is 2.69. The van der Waals surface area contributed by atoms with E-state index in [4.69, 9.17) is 0 Å². The van der Waals surface area contributed by atoms with Gasteiger partial charge in [0.2, 0.25) is 5.91 Å². The first-order valence-electron chi connectivity index (χ1n) is 9.21. The van der Waals surface area contributed by atoms with E-state index in [-0.39, 0.29) is 11.5 Å². The van der Waals surface area contributed by atoms with Gasteiger partial charge in [0.25, 0.3) is 5.92 Å². The quantitative estimate of drug-likeness (QED) is 0.424. The summed E-state index contributed by atoms with van der Waals surface area (Å²) >= 11 is 0. The van der Waals surface area contributed by atoms with Gasteiger partial charge in [-0.15, -0.1) is 0 Å². The smallest absolute Gasteiger partial charge is 0.270 e. The number of carbonyl (C=O) groups is 1. The Morgan fingerprint density at radius 2 is 1.58 bits per heavy atom. The van der Waals surface area contributed by atoms with E-state index in [9.17, 15) is 13.6 Å². The minimum absolute atomic E-state index is 0.0802. The van der Waals surface area contributed by atoms with Gasteiger partial charge >= 0.3 is 0 Å². The zero-order valence-electron chi connectivity index (χ0n) is 15.0. The average molecular weight is 339 g/mol. The molecule has 0 fully saturated rings. The third-order valence-electron chi connectivity index (χ3n) is 4.16. The molecular weight excluding hydrogens is 308 g/mol. The highest BCUT2D eigenvalue weighted by atomic mass is 19.3. The Bertz CT molecular complexity index is 483. The van der Waals surface area contributed by atoms with Crippen molar-refractivity contribution < 1.29 is 13.6 Å². The maximum Gasteiger partial charge on any atom is 0.270 e. The Labute approximate surface area is 145 Å². The van der Waals surface area contributed by atoms with Crippen LogP contribution in [-0.4, -0.2) is 5.91 Å². The lowest BCUT2D eigenvalue weighted by molar-refractivity contribution is -0.116. The SMILES string of the molecule is CCCCCCCCCCCC(=O)Nc1cccc(C(C)(F)F)c1. The molecule has 0 aliphatic heterocycles. The maximum absolute atomic E-state index is 13.3. The molecule has 0 spiro atoms. The minimum atomic E-state index is -2.89. The van der Waals surface area contributed by atoms with Crippen LogP contribution in [0.4, 0.5) is 14.5 Å². The van der Waals surface area contributed by atoms with Gasteiger partial charge in [0.1, 0.15) is 0 Å². The van der Waals surface area contributed by atoms with Crippen molar-refractivity contribution in [3.8, 4) is 0 Å². The van der Waals surface area contributed by atoms with Gasteiger partial charge in [-0.25, -0.2) is 8.78 Å². The summed E-state index contributed by atoms with van der Waals surface area (Å²) < 4.78 is 26.6. The van der Waals surface area contributed by atoms with E-state index in [0.717, 1.165) is 26.2 Å². The molecule has 0 aliphatic rings. The summed E-state index contributed by atoms with van der Waals surface area (Å²) in [4.78, 5) is 11.9. The Morgan fingerprint density at radius 3 is 2.17 bits per heavy atom. The summed E-state index contributed by atoms with van der Waals surface area (Å²) in [6.07, 6.45) is 11.3. The molecule has 1 amide bonds. The molecule has 0 aromatic heterocycles. The van der Waals surface area contributed by atoms with Crippen molar-refractivity contribution in [3.05, 3.63) is 29.8 Å². The van der Waals surface area contributed by atoms with Gasteiger partial charge in [-0.3, -0.25) is 4.79 Å². The highest BCUT2D eigenvalue weighted by Crippen LogP contribution is 2.28. The van der Waals surface area contributed by atoms with E-state index in [0.29, 0.717) is 12.1 Å². The molecule has 4 heteroatoms. The molecule has 0 bridgehead atoms. The van der Waals surface area contributed by atoms with Crippen LogP contribution >= 0.6 is 0 Å². The number of benzene rings is 1. The third-order valence-corrected chi connectivity index (χ3v) is 4.16. The predicted octanol–water partition coefficient (Wildman–Crippen LogP) is 6.66. The number of amides is 1. The number of hydrogen-bond acceptors (Lipinski definition) is 1. The molecule has 0 saturated carbocycles. The maximum atomic E-state index is 13.3. The Balaban J connectivity index is 2.16. The van der Waals surface area contributed by atoms with Crippen LogP contribution in [0.1, 0.15) is 83.6 Å². The molecule has 0 aliphatic carbocycles. The lowest BCUT2D eigenvalue weighted by Crippen LogP contribution is -2.13. The first-order chi connectivity index (χ1) is 11.4. The number of carbonyl (C=O) groups excluding carboxylic acids is 1. The standard InChI is InChI=1S/C20H31F2NO/c1-3-4-5-6-7-8-9-10-11-15-19(24)23-18-14-12-13-17(16-18)20(2,21)22/h12-14,16H,3-11,15H2,1-2H3,(H,23,24). The van der Waals surface area contributed by atoms with Crippen molar-refractivity contribution >= 4 is 11.6 Å². The minimum Gasteiger partial charge on any atom is -0.326 e. The number of hydrogen-bond donors (Lipinski definition) is 1. The fraction of sp³-hybridized carbons (Fsp3) is 0.650. The molecule has 136 valence electrons. The molecule has 0 atom stereocenters. The monoisotopic (exact) mass is 339 g/mol. The summed E-state index contributed by atoms with van der Waals surface area (Å²) in [6.45, 7) is 3.07. The topological polar surface area (TPSA) is 29.1 Å². The Kier molecular flexibility index (Phi) is 9.58. The normalized spacial score (nSPS) is 11.5. The van der Waals surface area contributed by atoms with Crippen LogP contribution in [0.5, 0.6) is 0 Å². The summed E-state index contributed by atoms with van der Waals surface area (Å²) in [5.74, 6) is -2.99. The van der Waals surface area contributed by atoms with Crippen molar-refractivity contribution in [1.29, 1.82) is 0 Å². The van der Waals surface area contributed by atoms with Gasteiger partial charge < -0.3 is 5.32 Å². The van der Waals surface area contributed by atoms with E-state index >= 15 is 0 Å². The van der Waals surface area contributed by atoms with Crippen LogP contribution in [0, 0.1) is 0 Å². The van der Waals surface area contributed by atoms with E-state index in [1.54, 1.807) is 12.1 Å². The second-order valence-electron chi connectivity index (χ2n) is 6.60. The molecule has 1 N–H and O–H groups in total. The molecule has 0 radical (unpaired) electrons. The summed E-state index contributed by atoms with van der Waals surface area (Å²) in [5, 5.41) is 2.71. The van der Waals surface area contributed by atoms with Crippen molar-refractivity contribution in [3.63, 3.8) is 0 Å². The van der Waals surface area contributed by atoms with E-state index < -0.39 is 5.92 Å². The van der Waals surface area contributed by atoms with Gasteiger partial charge in [-0.2, -0.15) is 0 Å². The number of nitrogens with one attached hydrogen (secondary N) is 1. The number of unbranched alkanes of at least 4 members (excludes halogenated alkanes) is 8. The Morgan fingerprint density at radius 1 is 1.00 bits per heavy atom. The van der Waals surface area contributed by atoms with Gasteiger partial charge in [0.05, 0.1) is 0 Å². The first kappa shape index (κ1) is 20.6. The summed E-state index contributed by atoms with van der Waals surface area (Å²) in [6, 6.07) is 5.90. The second kappa shape index (κ2) is 11.2. The number of rotatable bonds is 12. The molecule has 0 unspecified atom stereocenters. The number of alkyl halides is 2. The van der Waals surface area contributed by atoms with Crippen LogP contribution in [0.2, 0.25) is 0 Å². The van der Waals surface area contributed by atoms with Crippen molar-refractivity contribution in [2.24, 2.45) is 0 Å².